The summed E-state index contributed by atoms with van der Waals surface area (Å²) in [6, 6.07) is -0.821. The molecule has 9 nitrogen and oxygen atoms in total. The lowest BCUT2D eigenvalue weighted by atomic mass is 9.99. The van der Waals surface area contributed by atoms with Crippen LogP contribution in [-0.2, 0) is 14.3 Å². The zero-order valence-corrected chi connectivity index (χ0v) is 33.1. The molecule has 1 aliphatic heterocycles. The van der Waals surface area contributed by atoms with E-state index in [2.05, 4.69) is 43.5 Å². The Bertz CT molecular complexity index is 910. The van der Waals surface area contributed by atoms with Gasteiger partial charge < -0.3 is 40.3 Å². The Morgan fingerprint density at radius 3 is 1.62 bits per heavy atom. The fourth-order valence-corrected chi connectivity index (χ4v) is 6.48. The summed E-state index contributed by atoms with van der Waals surface area (Å²) < 4.78 is 11.1. The maximum Gasteiger partial charge on any atom is 0.220 e. The van der Waals surface area contributed by atoms with Gasteiger partial charge in [0.15, 0.2) is 6.29 Å². The highest BCUT2D eigenvalue weighted by molar-refractivity contribution is 5.76. The largest absolute Gasteiger partial charge is 0.394 e. The third kappa shape index (κ3) is 24.7. The maximum absolute atomic E-state index is 12.8. The van der Waals surface area contributed by atoms with Gasteiger partial charge in [-0.1, -0.05) is 159 Å². The molecule has 1 amide bonds. The molecular weight excluding hydrogens is 658 g/mol. The summed E-state index contributed by atoms with van der Waals surface area (Å²) >= 11 is 0. The molecule has 304 valence electrons. The number of aliphatic hydroxyl groups is 5. The van der Waals surface area contributed by atoms with Crippen LogP contribution in [0.2, 0.25) is 0 Å². The van der Waals surface area contributed by atoms with E-state index in [9.17, 15) is 30.3 Å². The molecule has 0 radical (unpaired) electrons. The van der Waals surface area contributed by atoms with E-state index in [4.69, 9.17) is 9.47 Å². The minimum atomic E-state index is -1.57. The van der Waals surface area contributed by atoms with Crippen LogP contribution in [0.15, 0.2) is 36.5 Å². The van der Waals surface area contributed by atoms with Gasteiger partial charge in [-0.2, -0.15) is 0 Å². The number of nitrogens with one attached hydrogen (secondary N) is 1. The highest BCUT2D eigenvalue weighted by atomic mass is 16.7. The lowest BCUT2D eigenvalue weighted by Crippen LogP contribution is -2.60. The van der Waals surface area contributed by atoms with Gasteiger partial charge in [-0.3, -0.25) is 4.79 Å². The van der Waals surface area contributed by atoms with E-state index < -0.39 is 49.5 Å². The van der Waals surface area contributed by atoms with Crippen molar-refractivity contribution in [2.75, 3.05) is 13.2 Å². The lowest BCUT2D eigenvalue weighted by molar-refractivity contribution is -0.302. The van der Waals surface area contributed by atoms with Crippen molar-refractivity contribution >= 4 is 5.91 Å². The molecule has 6 N–H and O–H groups in total. The molecule has 0 saturated carbocycles. The van der Waals surface area contributed by atoms with Crippen molar-refractivity contribution in [3.63, 3.8) is 0 Å². The van der Waals surface area contributed by atoms with Gasteiger partial charge in [-0.15, -0.1) is 0 Å². The van der Waals surface area contributed by atoms with Crippen molar-refractivity contribution in [3.05, 3.63) is 36.5 Å². The van der Waals surface area contributed by atoms with Gasteiger partial charge in [0.1, 0.15) is 24.4 Å². The van der Waals surface area contributed by atoms with Gasteiger partial charge in [0.05, 0.1) is 25.4 Å². The zero-order valence-electron chi connectivity index (χ0n) is 33.1. The molecule has 1 rings (SSSR count). The maximum atomic E-state index is 12.8. The standard InChI is InChI=1S/C43H79NO8/c1-3-5-7-9-11-12-13-14-15-16-17-18-19-20-21-22-23-24-25-27-28-30-32-37(46)36(44-39(47)33-31-29-26-10-8-6-4-2)35-51-43-42(50)41(49)40(48)38(34-45)52-43/h20-21,24-25,30,32,36-38,40-43,45-46,48-50H,3-19,22-23,26-29,31,33-35H2,1-2H3,(H,44,47)/b21-20+,25-24+,32-30+. The van der Waals surface area contributed by atoms with Gasteiger partial charge >= 0.3 is 0 Å². The number of carbonyl (C=O) groups excluding carboxylic acids is 1. The van der Waals surface area contributed by atoms with Crippen molar-refractivity contribution in [1.82, 2.24) is 5.32 Å². The molecule has 0 aromatic carbocycles. The monoisotopic (exact) mass is 738 g/mol. The van der Waals surface area contributed by atoms with E-state index in [-0.39, 0.29) is 12.5 Å². The number of allylic oxidation sites excluding steroid dienone is 5. The summed E-state index contributed by atoms with van der Waals surface area (Å²) in [4.78, 5) is 12.8. The fraction of sp³-hybridized carbons (Fsp3) is 0.837. The Hall–Kier alpha value is -1.59. The van der Waals surface area contributed by atoms with E-state index in [0.29, 0.717) is 6.42 Å². The Morgan fingerprint density at radius 2 is 1.10 bits per heavy atom. The van der Waals surface area contributed by atoms with Crippen molar-refractivity contribution < 1.29 is 39.8 Å². The summed E-state index contributed by atoms with van der Waals surface area (Å²) in [5, 5.41) is 53.8. The highest BCUT2D eigenvalue weighted by Gasteiger charge is 2.44. The predicted octanol–water partition coefficient (Wildman–Crippen LogP) is 8.11. The Labute approximate surface area is 317 Å². The number of hydrogen-bond donors (Lipinski definition) is 6. The number of ether oxygens (including phenoxy) is 2. The second-order valence-electron chi connectivity index (χ2n) is 14.8. The molecular formula is C43H79NO8. The molecule has 7 atom stereocenters. The minimum Gasteiger partial charge on any atom is -0.394 e. The van der Waals surface area contributed by atoms with Gasteiger partial charge in [0.2, 0.25) is 5.91 Å². The van der Waals surface area contributed by atoms with Gasteiger partial charge in [-0.25, -0.2) is 0 Å². The highest BCUT2D eigenvalue weighted by Crippen LogP contribution is 2.22. The van der Waals surface area contributed by atoms with Gasteiger partial charge in [0.25, 0.3) is 0 Å². The third-order valence-electron chi connectivity index (χ3n) is 9.95. The molecule has 1 fully saturated rings. The van der Waals surface area contributed by atoms with Crippen LogP contribution < -0.4 is 5.32 Å². The molecule has 1 saturated heterocycles. The molecule has 0 aromatic heterocycles. The summed E-state index contributed by atoms with van der Waals surface area (Å²) in [7, 11) is 0. The fourth-order valence-electron chi connectivity index (χ4n) is 6.48. The molecule has 0 aromatic rings. The van der Waals surface area contributed by atoms with Crippen LogP contribution in [0.4, 0.5) is 0 Å². The zero-order chi connectivity index (χ0) is 38.1. The van der Waals surface area contributed by atoms with Crippen LogP contribution in [0, 0.1) is 0 Å². The molecule has 0 spiro atoms. The summed E-state index contributed by atoms with van der Waals surface area (Å²) in [6.07, 6.45) is 33.6. The topological polar surface area (TPSA) is 149 Å². The van der Waals surface area contributed by atoms with E-state index in [1.165, 1.54) is 109 Å². The third-order valence-corrected chi connectivity index (χ3v) is 9.95. The molecule has 52 heavy (non-hydrogen) atoms. The summed E-state index contributed by atoms with van der Waals surface area (Å²) in [5.74, 6) is -0.200. The first-order valence-corrected chi connectivity index (χ1v) is 21.2. The first kappa shape index (κ1) is 48.4. The normalized spacial score (nSPS) is 22.2. The molecule has 0 aliphatic carbocycles. The lowest BCUT2D eigenvalue weighted by Gasteiger charge is -2.40. The van der Waals surface area contributed by atoms with Crippen LogP contribution >= 0.6 is 0 Å². The Kier molecular flexibility index (Phi) is 31.6. The number of unbranched alkanes of at least 4 members (excludes halogenated alkanes) is 20. The van der Waals surface area contributed by atoms with E-state index in [1.807, 2.05) is 6.08 Å². The van der Waals surface area contributed by atoms with Crippen molar-refractivity contribution in [2.24, 2.45) is 0 Å². The smallest absolute Gasteiger partial charge is 0.220 e. The van der Waals surface area contributed by atoms with Crippen molar-refractivity contribution in [2.45, 2.75) is 217 Å². The van der Waals surface area contributed by atoms with E-state index in [1.54, 1.807) is 6.08 Å². The number of hydrogen-bond acceptors (Lipinski definition) is 8. The first-order valence-electron chi connectivity index (χ1n) is 21.2. The molecule has 9 heteroatoms. The van der Waals surface area contributed by atoms with E-state index in [0.717, 1.165) is 44.9 Å². The Balaban J connectivity index is 2.35. The van der Waals surface area contributed by atoms with Crippen LogP contribution in [0.5, 0.6) is 0 Å². The van der Waals surface area contributed by atoms with Crippen LogP contribution in [0.1, 0.15) is 174 Å². The number of aliphatic hydroxyl groups excluding tert-OH is 5. The average molecular weight is 738 g/mol. The van der Waals surface area contributed by atoms with Gasteiger partial charge in [-0.05, 0) is 44.9 Å². The average Bonchev–Trinajstić information content (AvgIpc) is 3.14. The predicted molar refractivity (Wildman–Crippen MR) is 212 cm³/mol. The minimum absolute atomic E-state index is 0.200. The molecule has 1 heterocycles. The van der Waals surface area contributed by atoms with Crippen molar-refractivity contribution in [1.29, 1.82) is 0 Å². The number of carbonyl (C=O) groups is 1. The van der Waals surface area contributed by atoms with Crippen LogP contribution in [-0.4, -0.2) is 87.5 Å². The number of amides is 1. The van der Waals surface area contributed by atoms with Gasteiger partial charge in [0, 0.05) is 6.42 Å². The second kappa shape index (κ2) is 33.9. The molecule has 0 bridgehead atoms. The SMILES string of the molecule is CCCCCCCCCCCCCC/C=C/CC/C=C/CC/C=C/C(O)C(COC1OC(CO)C(O)C(O)C1O)NC(=O)CCCCCCCCC. The second-order valence-corrected chi connectivity index (χ2v) is 14.8. The number of rotatable bonds is 34. The summed E-state index contributed by atoms with van der Waals surface area (Å²) in [6.45, 7) is 3.68. The molecule has 7 unspecified atom stereocenters. The van der Waals surface area contributed by atoms with E-state index >= 15 is 0 Å². The van der Waals surface area contributed by atoms with Crippen LogP contribution in [0.3, 0.4) is 0 Å². The Morgan fingerprint density at radius 1 is 0.635 bits per heavy atom. The van der Waals surface area contributed by atoms with Crippen molar-refractivity contribution in [3.8, 4) is 0 Å². The first-order chi connectivity index (χ1) is 25.3. The quantitative estimate of drug-likeness (QED) is 0.0287. The van der Waals surface area contributed by atoms with Crippen LogP contribution in [0.25, 0.3) is 0 Å². The molecule has 1 aliphatic rings. The summed E-state index contributed by atoms with van der Waals surface area (Å²) in [5.41, 5.74) is 0.